The summed E-state index contributed by atoms with van der Waals surface area (Å²) in [5.41, 5.74) is 3.60. The summed E-state index contributed by atoms with van der Waals surface area (Å²) >= 11 is 0. The highest BCUT2D eigenvalue weighted by Crippen LogP contribution is 2.35. The molecule has 25 heavy (non-hydrogen) atoms. The highest BCUT2D eigenvalue weighted by atomic mass is 16.5. The van der Waals surface area contributed by atoms with E-state index in [4.69, 9.17) is 9.47 Å². The summed E-state index contributed by atoms with van der Waals surface area (Å²) < 4.78 is 10.9. The number of anilines is 2. The molecule has 0 aliphatic heterocycles. The Hall–Kier alpha value is -2.95. The molecule has 0 aliphatic carbocycles. The lowest BCUT2D eigenvalue weighted by Gasteiger charge is -2.17. The first-order chi connectivity index (χ1) is 12.0. The molecular formula is C20H23NO4. The Morgan fingerprint density at radius 2 is 1.84 bits per heavy atom. The summed E-state index contributed by atoms with van der Waals surface area (Å²) in [5.74, 6) is 0.337. The van der Waals surface area contributed by atoms with Crippen LogP contribution >= 0.6 is 0 Å². The van der Waals surface area contributed by atoms with Gasteiger partial charge in [-0.15, -0.1) is 0 Å². The fourth-order valence-electron chi connectivity index (χ4n) is 2.47. The number of benzene rings is 2. The maximum atomic E-state index is 11.5. The molecule has 0 spiro atoms. The minimum absolute atomic E-state index is 0.206. The van der Waals surface area contributed by atoms with Gasteiger partial charge in [0.15, 0.2) is 0 Å². The average molecular weight is 341 g/mol. The van der Waals surface area contributed by atoms with Gasteiger partial charge in [-0.2, -0.15) is 0 Å². The molecule has 0 unspecified atom stereocenters. The number of methoxy groups -OCH3 is 2. The van der Waals surface area contributed by atoms with Crippen LogP contribution in [0.15, 0.2) is 48.0 Å². The molecule has 0 atom stereocenters. The summed E-state index contributed by atoms with van der Waals surface area (Å²) in [6.45, 7) is 4.06. The molecule has 0 aromatic heterocycles. The van der Waals surface area contributed by atoms with Crippen molar-refractivity contribution in [3.05, 3.63) is 59.2 Å². The number of rotatable bonds is 7. The van der Waals surface area contributed by atoms with Gasteiger partial charge in [-0.1, -0.05) is 23.8 Å². The van der Waals surface area contributed by atoms with Gasteiger partial charge in [0.1, 0.15) is 11.5 Å². The first kappa shape index (κ1) is 18.4. The van der Waals surface area contributed by atoms with Crippen LogP contribution in [0.2, 0.25) is 0 Å². The summed E-state index contributed by atoms with van der Waals surface area (Å²) in [4.78, 5) is 11.5. The summed E-state index contributed by atoms with van der Waals surface area (Å²) in [5, 5.41) is 12.6. The quantitative estimate of drug-likeness (QED) is 0.717. The van der Waals surface area contributed by atoms with Crippen molar-refractivity contribution in [3.8, 4) is 11.5 Å². The highest BCUT2D eigenvalue weighted by Gasteiger charge is 2.15. The van der Waals surface area contributed by atoms with Crippen molar-refractivity contribution in [2.45, 2.75) is 20.3 Å². The molecule has 0 saturated carbocycles. The van der Waals surface area contributed by atoms with Crippen LogP contribution in [0, 0.1) is 0 Å². The first-order valence-corrected chi connectivity index (χ1v) is 7.94. The van der Waals surface area contributed by atoms with E-state index in [0.717, 1.165) is 11.3 Å². The van der Waals surface area contributed by atoms with Crippen molar-refractivity contribution in [1.82, 2.24) is 0 Å². The smallest absolute Gasteiger partial charge is 0.337 e. The van der Waals surface area contributed by atoms with Gasteiger partial charge in [0, 0.05) is 23.4 Å². The number of nitrogens with one attached hydrogen (secondary N) is 1. The van der Waals surface area contributed by atoms with Crippen molar-refractivity contribution in [2.24, 2.45) is 0 Å². The largest absolute Gasteiger partial charge is 0.497 e. The Morgan fingerprint density at radius 3 is 2.44 bits per heavy atom. The zero-order valence-corrected chi connectivity index (χ0v) is 14.9. The van der Waals surface area contributed by atoms with Crippen molar-refractivity contribution >= 4 is 17.3 Å². The number of carbonyl (C=O) groups is 1. The predicted octanol–water partition coefficient (Wildman–Crippen LogP) is 4.65. The Labute approximate surface area is 147 Å². The standard InChI is InChI=1S/C20H23NO4/c1-13(2)9-10-15-18(11-14(24-3)12-19(15)25-4)21-17-8-6-5-7-16(17)20(22)23/h5-9,11-12,21H,10H2,1-4H3,(H,22,23). The SMILES string of the molecule is COc1cc(Nc2ccccc2C(=O)O)c(CC=C(C)C)c(OC)c1. The second kappa shape index (κ2) is 8.24. The topological polar surface area (TPSA) is 67.8 Å². The second-order valence-electron chi connectivity index (χ2n) is 5.82. The minimum atomic E-state index is -0.983. The molecule has 0 saturated heterocycles. The number of allylic oxidation sites excluding steroid dienone is 2. The van der Waals surface area contributed by atoms with Gasteiger partial charge in [-0.25, -0.2) is 4.79 Å². The van der Waals surface area contributed by atoms with Gasteiger partial charge in [0.05, 0.1) is 25.5 Å². The average Bonchev–Trinajstić information content (AvgIpc) is 2.60. The van der Waals surface area contributed by atoms with E-state index in [1.165, 1.54) is 5.57 Å². The maximum absolute atomic E-state index is 11.5. The molecule has 2 rings (SSSR count). The van der Waals surface area contributed by atoms with E-state index in [9.17, 15) is 9.90 Å². The Balaban J connectivity index is 2.54. The Kier molecular flexibility index (Phi) is 6.06. The summed E-state index contributed by atoms with van der Waals surface area (Å²) in [7, 11) is 3.19. The summed E-state index contributed by atoms with van der Waals surface area (Å²) in [6, 6.07) is 10.5. The molecule has 0 aliphatic rings. The van der Waals surface area contributed by atoms with Gasteiger partial charge in [-0.3, -0.25) is 0 Å². The van der Waals surface area contributed by atoms with Gasteiger partial charge in [0.25, 0.3) is 0 Å². The van der Waals surface area contributed by atoms with E-state index in [-0.39, 0.29) is 5.56 Å². The molecule has 2 N–H and O–H groups in total. The molecule has 5 heteroatoms. The molecule has 2 aromatic carbocycles. The molecule has 132 valence electrons. The van der Waals surface area contributed by atoms with Gasteiger partial charge >= 0.3 is 5.97 Å². The second-order valence-corrected chi connectivity index (χ2v) is 5.82. The predicted molar refractivity (Wildman–Crippen MR) is 99.4 cm³/mol. The van der Waals surface area contributed by atoms with Crippen molar-refractivity contribution in [3.63, 3.8) is 0 Å². The zero-order chi connectivity index (χ0) is 18.4. The molecular weight excluding hydrogens is 318 g/mol. The Bertz CT molecular complexity index is 792. The number of aromatic carboxylic acids is 1. The molecule has 5 nitrogen and oxygen atoms in total. The number of para-hydroxylation sites is 1. The lowest BCUT2D eigenvalue weighted by molar-refractivity contribution is 0.0698. The molecule has 0 radical (unpaired) electrons. The van der Waals surface area contributed by atoms with E-state index in [0.29, 0.717) is 23.6 Å². The third-order valence-corrected chi connectivity index (χ3v) is 3.78. The van der Waals surface area contributed by atoms with Gasteiger partial charge < -0.3 is 19.9 Å². The van der Waals surface area contributed by atoms with Crippen LogP contribution in [0.3, 0.4) is 0 Å². The van der Waals surface area contributed by atoms with E-state index in [2.05, 4.69) is 11.4 Å². The molecule has 0 heterocycles. The zero-order valence-electron chi connectivity index (χ0n) is 14.9. The van der Waals surface area contributed by atoms with Crippen molar-refractivity contribution in [1.29, 1.82) is 0 Å². The van der Waals surface area contributed by atoms with E-state index >= 15 is 0 Å². The van der Waals surface area contributed by atoms with Crippen LogP contribution in [0.4, 0.5) is 11.4 Å². The van der Waals surface area contributed by atoms with Gasteiger partial charge in [-0.05, 0) is 32.4 Å². The molecule has 0 bridgehead atoms. The fraction of sp³-hybridized carbons (Fsp3) is 0.250. The maximum Gasteiger partial charge on any atom is 0.337 e. The van der Waals surface area contributed by atoms with Crippen LogP contribution in [-0.2, 0) is 6.42 Å². The number of ether oxygens (including phenoxy) is 2. The number of hydrogen-bond donors (Lipinski definition) is 2. The third kappa shape index (κ3) is 4.53. The lowest BCUT2D eigenvalue weighted by Crippen LogP contribution is -2.05. The van der Waals surface area contributed by atoms with E-state index in [1.54, 1.807) is 38.5 Å². The van der Waals surface area contributed by atoms with Crippen molar-refractivity contribution in [2.75, 3.05) is 19.5 Å². The minimum Gasteiger partial charge on any atom is -0.497 e. The van der Waals surface area contributed by atoms with Crippen LogP contribution in [0.5, 0.6) is 11.5 Å². The van der Waals surface area contributed by atoms with Crippen LogP contribution < -0.4 is 14.8 Å². The van der Waals surface area contributed by atoms with E-state index < -0.39 is 5.97 Å². The van der Waals surface area contributed by atoms with Crippen LogP contribution in [0.1, 0.15) is 29.8 Å². The van der Waals surface area contributed by atoms with Crippen LogP contribution in [-0.4, -0.2) is 25.3 Å². The van der Waals surface area contributed by atoms with Crippen LogP contribution in [0.25, 0.3) is 0 Å². The Morgan fingerprint density at radius 1 is 1.12 bits per heavy atom. The molecule has 0 amide bonds. The molecule has 0 fully saturated rings. The van der Waals surface area contributed by atoms with Gasteiger partial charge in [0.2, 0.25) is 0 Å². The fourth-order valence-corrected chi connectivity index (χ4v) is 2.47. The van der Waals surface area contributed by atoms with Crippen molar-refractivity contribution < 1.29 is 19.4 Å². The highest BCUT2D eigenvalue weighted by molar-refractivity contribution is 5.95. The number of carboxylic acid groups (broad SMARTS) is 1. The first-order valence-electron chi connectivity index (χ1n) is 7.94. The lowest BCUT2D eigenvalue weighted by atomic mass is 10.0. The monoisotopic (exact) mass is 341 g/mol. The third-order valence-electron chi connectivity index (χ3n) is 3.78. The number of hydrogen-bond acceptors (Lipinski definition) is 4. The summed E-state index contributed by atoms with van der Waals surface area (Å²) in [6.07, 6.45) is 2.76. The van der Waals surface area contributed by atoms with E-state index in [1.807, 2.05) is 26.0 Å². The number of carboxylic acids is 1. The molecule has 2 aromatic rings. The normalized spacial score (nSPS) is 10.1.